The average molecular weight is 278 g/mol. The number of hydrogen-bond acceptors (Lipinski definition) is 2. The third-order valence-electron chi connectivity index (χ3n) is 3.28. The van der Waals surface area contributed by atoms with Crippen molar-refractivity contribution < 1.29 is 18.6 Å². The maximum atomic E-state index is 13.3. The fraction of sp³-hybridized carbons (Fsp3) is 0.250. The molecule has 0 fully saturated rings. The lowest BCUT2D eigenvalue weighted by Gasteiger charge is -2.14. The first-order valence-corrected chi connectivity index (χ1v) is 6.28. The zero-order valence-electron chi connectivity index (χ0n) is 11.4. The van der Waals surface area contributed by atoms with Gasteiger partial charge in [-0.3, -0.25) is 0 Å². The van der Waals surface area contributed by atoms with Crippen molar-refractivity contribution >= 4 is 0 Å². The van der Waals surface area contributed by atoms with Crippen LogP contribution in [0.2, 0.25) is 0 Å². The number of aliphatic hydroxyl groups is 1. The van der Waals surface area contributed by atoms with E-state index in [1.807, 2.05) is 0 Å². The van der Waals surface area contributed by atoms with Crippen molar-refractivity contribution in [2.45, 2.75) is 19.4 Å². The summed E-state index contributed by atoms with van der Waals surface area (Å²) in [5.41, 5.74) is 2.19. The number of ether oxygens (including phenoxy) is 1. The zero-order valence-corrected chi connectivity index (χ0v) is 11.4. The Balaban J connectivity index is 2.21. The van der Waals surface area contributed by atoms with Gasteiger partial charge in [-0.05, 0) is 47.9 Å². The number of halogens is 2. The molecule has 0 heterocycles. The minimum absolute atomic E-state index is 0.0948. The fourth-order valence-electron chi connectivity index (χ4n) is 2.10. The van der Waals surface area contributed by atoms with Crippen molar-refractivity contribution in [2.24, 2.45) is 0 Å². The van der Waals surface area contributed by atoms with Crippen LogP contribution in [-0.4, -0.2) is 12.2 Å². The standard InChI is InChI=1S/C16H16F2O2/c1-10-7-13(17)5-3-11(10)8-15(19)12-4-6-14(18)16(9-12)20-2/h3-7,9,15,19H,8H2,1-2H3. The molecule has 2 rings (SSSR count). The Bertz CT molecular complexity index is 611. The second-order valence-electron chi connectivity index (χ2n) is 4.68. The quantitative estimate of drug-likeness (QED) is 0.926. The molecule has 2 nitrogen and oxygen atoms in total. The molecule has 0 aliphatic heterocycles. The van der Waals surface area contributed by atoms with Crippen molar-refractivity contribution in [3.8, 4) is 5.75 Å². The Morgan fingerprint density at radius 3 is 2.55 bits per heavy atom. The van der Waals surface area contributed by atoms with Gasteiger partial charge in [0.25, 0.3) is 0 Å². The molecule has 20 heavy (non-hydrogen) atoms. The van der Waals surface area contributed by atoms with Crippen LogP contribution in [0, 0.1) is 18.6 Å². The molecule has 0 saturated heterocycles. The second kappa shape index (κ2) is 6.01. The Kier molecular flexibility index (Phi) is 4.35. The summed E-state index contributed by atoms with van der Waals surface area (Å²) in [5.74, 6) is -0.678. The third-order valence-corrected chi connectivity index (χ3v) is 3.28. The highest BCUT2D eigenvalue weighted by atomic mass is 19.1. The number of aliphatic hydroxyl groups excluding tert-OH is 1. The molecular weight excluding hydrogens is 262 g/mol. The van der Waals surface area contributed by atoms with E-state index >= 15 is 0 Å². The van der Waals surface area contributed by atoms with Crippen LogP contribution in [-0.2, 0) is 6.42 Å². The van der Waals surface area contributed by atoms with E-state index in [1.54, 1.807) is 13.0 Å². The molecule has 0 saturated carbocycles. The predicted molar refractivity (Wildman–Crippen MR) is 72.8 cm³/mol. The van der Waals surface area contributed by atoms with Gasteiger partial charge >= 0.3 is 0 Å². The molecule has 0 aliphatic rings. The Morgan fingerprint density at radius 2 is 1.90 bits per heavy atom. The van der Waals surface area contributed by atoms with Crippen molar-refractivity contribution in [1.82, 2.24) is 0 Å². The van der Waals surface area contributed by atoms with Gasteiger partial charge in [-0.1, -0.05) is 12.1 Å². The van der Waals surface area contributed by atoms with Crippen molar-refractivity contribution in [2.75, 3.05) is 7.11 Å². The molecule has 4 heteroatoms. The summed E-state index contributed by atoms with van der Waals surface area (Å²) in [6.45, 7) is 1.79. The van der Waals surface area contributed by atoms with Gasteiger partial charge < -0.3 is 9.84 Å². The van der Waals surface area contributed by atoms with Gasteiger partial charge in [0.1, 0.15) is 5.82 Å². The summed E-state index contributed by atoms with van der Waals surface area (Å²) in [7, 11) is 1.37. The number of methoxy groups -OCH3 is 1. The lowest BCUT2D eigenvalue weighted by atomic mass is 9.98. The highest BCUT2D eigenvalue weighted by Crippen LogP contribution is 2.25. The van der Waals surface area contributed by atoms with Gasteiger partial charge in [-0.25, -0.2) is 8.78 Å². The van der Waals surface area contributed by atoms with Crippen molar-refractivity contribution in [1.29, 1.82) is 0 Å². The van der Waals surface area contributed by atoms with Crippen LogP contribution in [0.15, 0.2) is 36.4 Å². The first-order valence-electron chi connectivity index (χ1n) is 6.28. The van der Waals surface area contributed by atoms with E-state index < -0.39 is 11.9 Å². The molecule has 0 aliphatic carbocycles. The maximum absolute atomic E-state index is 13.3. The second-order valence-corrected chi connectivity index (χ2v) is 4.68. The average Bonchev–Trinajstić information content (AvgIpc) is 2.42. The zero-order chi connectivity index (χ0) is 14.7. The van der Waals surface area contributed by atoms with Crippen LogP contribution in [0.3, 0.4) is 0 Å². The fourth-order valence-corrected chi connectivity index (χ4v) is 2.10. The normalized spacial score (nSPS) is 12.2. The van der Waals surface area contributed by atoms with E-state index in [4.69, 9.17) is 4.74 Å². The van der Waals surface area contributed by atoms with Crippen LogP contribution in [0.1, 0.15) is 22.8 Å². The summed E-state index contributed by atoms with van der Waals surface area (Å²) in [6, 6.07) is 8.68. The van der Waals surface area contributed by atoms with E-state index in [1.165, 1.54) is 37.4 Å². The summed E-state index contributed by atoms with van der Waals surface area (Å²) in [5, 5.41) is 10.2. The molecule has 0 aromatic heterocycles. The first-order chi connectivity index (χ1) is 9.51. The van der Waals surface area contributed by atoms with E-state index in [2.05, 4.69) is 0 Å². The number of rotatable bonds is 4. The van der Waals surface area contributed by atoms with E-state index in [-0.39, 0.29) is 11.6 Å². The highest BCUT2D eigenvalue weighted by Gasteiger charge is 2.13. The van der Waals surface area contributed by atoms with Gasteiger partial charge in [0, 0.05) is 6.42 Å². The molecule has 0 spiro atoms. The lowest BCUT2D eigenvalue weighted by Crippen LogP contribution is -2.04. The smallest absolute Gasteiger partial charge is 0.165 e. The molecule has 0 amide bonds. The minimum Gasteiger partial charge on any atom is -0.494 e. The summed E-state index contributed by atoms with van der Waals surface area (Å²) in [6.07, 6.45) is -0.463. The Labute approximate surface area is 116 Å². The molecule has 106 valence electrons. The van der Waals surface area contributed by atoms with E-state index in [0.717, 1.165) is 11.1 Å². The number of hydrogen-bond donors (Lipinski definition) is 1. The van der Waals surface area contributed by atoms with Crippen molar-refractivity contribution in [3.63, 3.8) is 0 Å². The molecule has 2 aromatic carbocycles. The minimum atomic E-state index is -0.798. The van der Waals surface area contributed by atoms with Gasteiger partial charge in [0.2, 0.25) is 0 Å². The largest absolute Gasteiger partial charge is 0.494 e. The predicted octanol–water partition coefficient (Wildman–Crippen LogP) is 3.56. The molecule has 2 aromatic rings. The SMILES string of the molecule is COc1cc(C(O)Cc2ccc(F)cc2C)ccc1F. The third kappa shape index (κ3) is 3.14. The van der Waals surface area contributed by atoms with Crippen LogP contribution >= 0.6 is 0 Å². The monoisotopic (exact) mass is 278 g/mol. The highest BCUT2D eigenvalue weighted by molar-refractivity contribution is 5.34. The molecule has 0 bridgehead atoms. The molecule has 1 N–H and O–H groups in total. The summed E-state index contributed by atoms with van der Waals surface area (Å²) in [4.78, 5) is 0. The number of aryl methyl sites for hydroxylation is 1. The molecular formula is C16H16F2O2. The first kappa shape index (κ1) is 14.5. The van der Waals surface area contributed by atoms with Gasteiger partial charge in [-0.15, -0.1) is 0 Å². The van der Waals surface area contributed by atoms with Gasteiger partial charge in [0.15, 0.2) is 11.6 Å². The Morgan fingerprint density at radius 1 is 1.15 bits per heavy atom. The summed E-state index contributed by atoms with van der Waals surface area (Å²) >= 11 is 0. The van der Waals surface area contributed by atoms with Crippen LogP contribution in [0.5, 0.6) is 5.75 Å². The molecule has 1 atom stereocenters. The van der Waals surface area contributed by atoms with Crippen molar-refractivity contribution in [3.05, 3.63) is 64.7 Å². The van der Waals surface area contributed by atoms with E-state index in [9.17, 15) is 13.9 Å². The number of benzene rings is 2. The van der Waals surface area contributed by atoms with Crippen LogP contribution in [0.25, 0.3) is 0 Å². The Hall–Kier alpha value is -1.94. The van der Waals surface area contributed by atoms with Gasteiger partial charge in [0.05, 0.1) is 13.2 Å². The maximum Gasteiger partial charge on any atom is 0.165 e. The van der Waals surface area contributed by atoms with E-state index in [0.29, 0.717) is 12.0 Å². The molecule has 0 radical (unpaired) electrons. The summed E-state index contributed by atoms with van der Waals surface area (Å²) < 4.78 is 31.2. The topological polar surface area (TPSA) is 29.5 Å². The lowest BCUT2D eigenvalue weighted by molar-refractivity contribution is 0.177. The van der Waals surface area contributed by atoms with Crippen LogP contribution in [0.4, 0.5) is 8.78 Å². The molecule has 1 unspecified atom stereocenters. The van der Waals surface area contributed by atoms with Crippen LogP contribution < -0.4 is 4.74 Å². The van der Waals surface area contributed by atoms with Gasteiger partial charge in [-0.2, -0.15) is 0 Å².